The van der Waals surface area contributed by atoms with Crippen LogP contribution in [0.25, 0.3) is 11.3 Å². The van der Waals surface area contributed by atoms with Gasteiger partial charge in [0.2, 0.25) is 0 Å². The number of nitrogens with one attached hydrogen (secondary N) is 1. The molecule has 1 aromatic carbocycles. The van der Waals surface area contributed by atoms with Crippen LogP contribution in [0.15, 0.2) is 30.3 Å². The Morgan fingerprint density at radius 1 is 1.14 bits per heavy atom. The number of para-hydroxylation sites is 1. The second kappa shape index (κ2) is 6.12. The molecule has 4 heteroatoms. The highest BCUT2D eigenvalue weighted by molar-refractivity contribution is 5.69. The van der Waals surface area contributed by atoms with Crippen LogP contribution in [-0.4, -0.2) is 23.6 Å². The third kappa shape index (κ3) is 3.51. The zero-order valence-corrected chi connectivity index (χ0v) is 13.4. The zero-order chi connectivity index (χ0) is 15.5. The Labute approximate surface area is 126 Å². The molecular formula is C17H23N3O. The van der Waals surface area contributed by atoms with E-state index in [9.17, 15) is 0 Å². The van der Waals surface area contributed by atoms with E-state index >= 15 is 0 Å². The number of benzene rings is 1. The standard InChI is InChI=1S/C17H23N3O/c1-6-21-14-10-8-7-9-12(14)13-11-15(18-5)20-16(19-13)17(2,3)4/h7-11H,6H2,1-5H3,(H,18,19,20). The molecule has 0 aliphatic carbocycles. The molecule has 0 atom stereocenters. The number of nitrogens with zero attached hydrogens (tertiary/aromatic N) is 2. The molecular weight excluding hydrogens is 262 g/mol. The third-order valence-electron chi connectivity index (χ3n) is 3.12. The van der Waals surface area contributed by atoms with Gasteiger partial charge in [-0.1, -0.05) is 32.9 Å². The van der Waals surface area contributed by atoms with E-state index in [1.165, 1.54) is 0 Å². The van der Waals surface area contributed by atoms with E-state index in [2.05, 4.69) is 31.1 Å². The molecule has 0 unspecified atom stereocenters. The van der Waals surface area contributed by atoms with Crippen LogP contribution < -0.4 is 10.1 Å². The van der Waals surface area contributed by atoms with Gasteiger partial charge in [-0.2, -0.15) is 0 Å². The Balaban J connectivity index is 2.58. The van der Waals surface area contributed by atoms with E-state index in [4.69, 9.17) is 9.72 Å². The van der Waals surface area contributed by atoms with Crippen molar-refractivity contribution in [2.75, 3.05) is 19.0 Å². The van der Waals surface area contributed by atoms with Crippen molar-refractivity contribution in [2.24, 2.45) is 0 Å². The molecule has 1 heterocycles. The van der Waals surface area contributed by atoms with Gasteiger partial charge < -0.3 is 10.1 Å². The Morgan fingerprint density at radius 2 is 1.86 bits per heavy atom. The Bertz CT molecular complexity index is 618. The lowest BCUT2D eigenvalue weighted by molar-refractivity contribution is 0.341. The number of rotatable bonds is 4. The van der Waals surface area contributed by atoms with E-state index in [1.54, 1.807) is 0 Å². The number of aromatic nitrogens is 2. The van der Waals surface area contributed by atoms with Gasteiger partial charge in [0.25, 0.3) is 0 Å². The fraction of sp³-hybridized carbons (Fsp3) is 0.412. The van der Waals surface area contributed by atoms with Crippen LogP contribution >= 0.6 is 0 Å². The van der Waals surface area contributed by atoms with Gasteiger partial charge >= 0.3 is 0 Å². The van der Waals surface area contributed by atoms with Crippen LogP contribution in [0.4, 0.5) is 5.82 Å². The first-order valence-corrected chi connectivity index (χ1v) is 7.25. The molecule has 0 aliphatic heterocycles. The van der Waals surface area contributed by atoms with E-state index in [-0.39, 0.29) is 5.41 Å². The molecule has 0 amide bonds. The van der Waals surface area contributed by atoms with E-state index < -0.39 is 0 Å². The van der Waals surface area contributed by atoms with Gasteiger partial charge in [0.05, 0.1) is 12.3 Å². The van der Waals surface area contributed by atoms with Gasteiger partial charge in [0.1, 0.15) is 17.4 Å². The number of hydrogen-bond acceptors (Lipinski definition) is 4. The number of anilines is 1. The van der Waals surface area contributed by atoms with Crippen molar-refractivity contribution >= 4 is 5.82 Å². The summed E-state index contributed by atoms with van der Waals surface area (Å²) in [7, 11) is 1.87. The predicted molar refractivity (Wildman–Crippen MR) is 86.9 cm³/mol. The molecule has 0 fully saturated rings. The van der Waals surface area contributed by atoms with Gasteiger partial charge in [-0.05, 0) is 19.1 Å². The van der Waals surface area contributed by atoms with E-state index in [1.807, 2.05) is 44.3 Å². The van der Waals surface area contributed by atoms with Crippen molar-refractivity contribution in [1.29, 1.82) is 0 Å². The average molecular weight is 285 g/mol. The first kappa shape index (κ1) is 15.3. The maximum Gasteiger partial charge on any atom is 0.136 e. The van der Waals surface area contributed by atoms with Crippen molar-refractivity contribution < 1.29 is 4.74 Å². The normalized spacial score (nSPS) is 11.3. The van der Waals surface area contributed by atoms with Crippen molar-refractivity contribution in [2.45, 2.75) is 33.1 Å². The first-order valence-electron chi connectivity index (χ1n) is 7.25. The Morgan fingerprint density at radius 3 is 2.48 bits per heavy atom. The molecule has 2 aromatic rings. The van der Waals surface area contributed by atoms with Crippen molar-refractivity contribution in [1.82, 2.24) is 9.97 Å². The van der Waals surface area contributed by atoms with Crippen LogP contribution in [-0.2, 0) is 5.41 Å². The average Bonchev–Trinajstić information content (AvgIpc) is 2.47. The minimum atomic E-state index is -0.109. The molecule has 0 aliphatic rings. The third-order valence-corrected chi connectivity index (χ3v) is 3.12. The minimum Gasteiger partial charge on any atom is -0.493 e. The molecule has 0 saturated carbocycles. The second-order valence-corrected chi connectivity index (χ2v) is 5.89. The van der Waals surface area contributed by atoms with Crippen LogP contribution in [0.2, 0.25) is 0 Å². The highest BCUT2D eigenvalue weighted by Gasteiger charge is 2.20. The summed E-state index contributed by atoms with van der Waals surface area (Å²) in [5, 5.41) is 3.11. The van der Waals surface area contributed by atoms with Gasteiger partial charge in [0.15, 0.2) is 0 Å². The molecule has 21 heavy (non-hydrogen) atoms. The number of hydrogen-bond donors (Lipinski definition) is 1. The summed E-state index contributed by atoms with van der Waals surface area (Å²) in [6.07, 6.45) is 0. The van der Waals surface area contributed by atoms with Crippen LogP contribution in [0.5, 0.6) is 5.75 Å². The molecule has 0 spiro atoms. The highest BCUT2D eigenvalue weighted by Crippen LogP contribution is 2.31. The Hall–Kier alpha value is -2.10. The highest BCUT2D eigenvalue weighted by atomic mass is 16.5. The maximum atomic E-state index is 5.71. The van der Waals surface area contributed by atoms with Crippen molar-refractivity contribution in [3.8, 4) is 17.0 Å². The summed E-state index contributed by atoms with van der Waals surface area (Å²) < 4.78 is 5.71. The van der Waals surface area contributed by atoms with Gasteiger partial charge in [-0.3, -0.25) is 0 Å². The van der Waals surface area contributed by atoms with Crippen molar-refractivity contribution in [3.05, 3.63) is 36.2 Å². The molecule has 0 radical (unpaired) electrons. The van der Waals surface area contributed by atoms with E-state index in [0.717, 1.165) is 28.6 Å². The lowest BCUT2D eigenvalue weighted by Crippen LogP contribution is -2.17. The summed E-state index contributed by atoms with van der Waals surface area (Å²) >= 11 is 0. The maximum absolute atomic E-state index is 5.71. The summed E-state index contributed by atoms with van der Waals surface area (Å²) in [6, 6.07) is 9.91. The Kier molecular flexibility index (Phi) is 4.46. The first-order chi connectivity index (χ1) is 9.95. The predicted octanol–water partition coefficient (Wildman–Crippen LogP) is 3.88. The quantitative estimate of drug-likeness (QED) is 0.926. The molecule has 112 valence electrons. The van der Waals surface area contributed by atoms with Gasteiger partial charge in [-0.25, -0.2) is 9.97 Å². The minimum absolute atomic E-state index is 0.109. The molecule has 1 aromatic heterocycles. The fourth-order valence-corrected chi connectivity index (χ4v) is 2.01. The smallest absolute Gasteiger partial charge is 0.136 e. The second-order valence-electron chi connectivity index (χ2n) is 5.89. The molecule has 2 rings (SSSR count). The zero-order valence-electron chi connectivity index (χ0n) is 13.4. The summed E-state index contributed by atoms with van der Waals surface area (Å²) in [6.45, 7) is 8.95. The van der Waals surface area contributed by atoms with E-state index in [0.29, 0.717) is 6.61 Å². The van der Waals surface area contributed by atoms with Crippen LogP contribution in [0, 0.1) is 0 Å². The largest absolute Gasteiger partial charge is 0.493 e. The lowest BCUT2D eigenvalue weighted by Gasteiger charge is -2.19. The summed E-state index contributed by atoms with van der Waals surface area (Å²) in [4.78, 5) is 9.30. The monoisotopic (exact) mass is 285 g/mol. The molecule has 4 nitrogen and oxygen atoms in total. The summed E-state index contributed by atoms with van der Waals surface area (Å²) in [5.41, 5.74) is 1.76. The SMILES string of the molecule is CCOc1ccccc1-c1cc(NC)nc(C(C)(C)C)n1. The topological polar surface area (TPSA) is 47.0 Å². The van der Waals surface area contributed by atoms with Crippen LogP contribution in [0.3, 0.4) is 0 Å². The van der Waals surface area contributed by atoms with Gasteiger partial charge in [-0.15, -0.1) is 0 Å². The summed E-state index contributed by atoms with van der Waals surface area (Å²) in [5.74, 6) is 2.48. The molecule has 0 bridgehead atoms. The van der Waals surface area contributed by atoms with Gasteiger partial charge in [0, 0.05) is 24.1 Å². The fourth-order valence-electron chi connectivity index (χ4n) is 2.01. The molecule has 1 N–H and O–H groups in total. The number of ether oxygens (including phenoxy) is 1. The molecule has 0 saturated heterocycles. The van der Waals surface area contributed by atoms with Crippen LogP contribution in [0.1, 0.15) is 33.5 Å². The van der Waals surface area contributed by atoms with Crippen molar-refractivity contribution in [3.63, 3.8) is 0 Å². The lowest BCUT2D eigenvalue weighted by atomic mass is 9.95.